The van der Waals surface area contributed by atoms with Crippen LogP contribution in [0.2, 0.25) is 0 Å². The lowest BCUT2D eigenvalue weighted by Crippen LogP contribution is -2.24. The molecule has 0 unspecified atom stereocenters. The van der Waals surface area contributed by atoms with Crippen LogP contribution in [0.3, 0.4) is 0 Å². The summed E-state index contributed by atoms with van der Waals surface area (Å²) in [4.78, 5) is 8.90. The number of rotatable bonds is 3. The first kappa shape index (κ1) is 20.4. The predicted octanol–water partition coefficient (Wildman–Crippen LogP) is 6.25. The molecule has 2 fully saturated rings. The van der Waals surface area contributed by atoms with Gasteiger partial charge >= 0.3 is 0 Å². The summed E-state index contributed by atoms with van der Waals surface area (Å²) in [7, 11) is 1.98. The molecule has 2 aliphatic rings. The molecule has 1 saturated carbocycles. The maximum absolute atomic E-state index is 9.22. The number of aryl methyl sites for hydroxylation is 1. The first-order valence-corrected chi connectivity index (χ1v) is 12.7. The standard InChI is InChI=1S/C27H27N5S/c1-31-24-10-9-22(15-23(24)17-29-31)26-25(21-7-5-18(16-28)6-8-21)30-27(33-26)32-13-11-19-3-2-4-20(19)12-14-32/h5-10,15,17,19-20H,2-4,11-14H2,1H3/t19-,20+. The second-order valence-electron chi connectivity index (χ2n) is 9.42. The highest BCUT2D eigenvalue weighted by atomic mass is 32.1. The summed E-state index contributed by atoms with van der Waals surface area (Å²) in [5, 5.41) is 15.9. The third-order valence-corrected chi connectivity index (χ3v) is 8.70. The van der Waals surface area contributed by atoms with Crippen molar-refractivity contribution in [1.29, 1.82) is 5.26 Å². The van der Waals surface area contributed by atoms with E-state index in [0.717, 1.165) is 52.2 Å². The van der Waals surface area contributed by atoms with Gasteiger partial charge in [0.05, 0.1) is 33.9 Å². The normalized spacial score (nSPS) is 20.5. The number of aromatic nitrogens is 3. The summed E-state index contributed by atoms with van der Waals surface area (Å²) < 4.78 is 1.91. The zero-order chi connectivity index (χ0) is 22.4. The largest absolute Gasteiger partial charge is 0.348 e. The highest BCUT2D eigenvalue weighted by Gasteiger charge is 2.31. The number of hydrogen-bond acceptors (Lipinski definition) is 5. The van der Waals surface area contributed by atoms with Crippen molar-refractivity contribution in [2.75, 3.05) is 18.0 Å². The van der Waals surface area contributed by atoms with Crippen molar-refractivity contribution in [3.05, 3.63) is 54.2 Å². The van der Waals surface area contributed by atoms with Crippen LogP contribution in [-0.2, 0) is 7.05 Å². The van der Waals surface area contributed by atoms with E-state index in [-0.39, 0.29) is 0 Å². The predicted molar refractivity (Wildman–Crippen MR) is 134 cm³/mol. The molecule has 2 atom stereocenters. The minimum absolute atomic E-state index is 0.673. The van der Waals surface area contributed by atoms with Crippen LogP contribution in [0.1, 0.15) is 37.7 Å². The van der Waals surface area contributed by atoms with E-state index in [2.05, 4.69) is 34.3 Å². The highest BCUT2D eigenvalue weighted by molar-refractivity contribution is 7.19. The van der Waals surface area contributed by atoms with E-state index in [1.807, 2.05) is 42.2 Å². The van der Waals surface area contributed by atoms with Gasteiger partial charge in [0.2, 0.25) is 0 Å². The number of fused-ring (bicyclic) bond motifs is 2. The van der Waals surface area contributed by atoms with E-state index in [9.17, 15) is 5.26 Å². The molecular weight excluding hydrogens is 426 g/mol. The maximum atomic E-state index is 9.22. The molecule has 2 aromatic carbocycles. The van der Waals surface area contributed by atoms with Crippen LogP contribution < -0.4 is 4.90 Å². The monoisotopic (exact) mass is 453 g/mol. The van der Waals surface area contributed by atoms with E-state index in [1.54, 1.807) is 11.3 Å². The fourth-order valence-corrected chi connectivity index (χ4v) is 6.80. The fourth-order valence-electron chi connectivity index (χ4n) is 5.66. The van der Waals surface area contributed by atoms with Gasteiger partial charge in [-0.05, 0) is 54.5 Å². The Hall–Kier alpha value is -3.17. The van der Waals surface area contributed by atoms with Gasteiger partial charge in [-0.25, -0.2) is 4.98 Å². The van der Waals surface area contributed by atoms with Gasteiger partial charge in [0.1, 0.15) is 0 Å². The molecule has 6 heteroatoms. The third-order valence-electron chi connectivity index (χ3n) is 7.54. The van der Waals surface area contributed by atoms with Crippen molar-refractivity contribution < 1.29 is 0 Å². The molecule has 0 N–H and O–H groups in total. The van der Waals surface area contributed by atoms with Crippen molar-refractivity contribution in [2.24, 2.45) is 18.9 Å². The van der Waals surface area contributed by atoms with Crippen LogP contribution in [0.4, 0.5) is 5.13 Å². The minimum Gasteiger partial charge on any atom is -0.348 e. The first-order chi connectivity index (χ1) is 16.2. The summed E-state index contributed by atoms with van der Waals surface area (Å²) in [6.45, 7) is 2.20. The van der Waals surface area contributed by atoms with Crippen LogP contribution in [0.25, 0.3) is 32.6 Å². The molecule has 0 bridgehead atoms. The molecule has 0 amide bonds. The SMILES string of the molecule is Cn1ncc2cc(-c3sc(N4CC[C@H]5CCC[C@H]5CC4)nc3-c3ccc(C#N)cc3)ccc21. The summed E-state index contributed by atoms with van der Waals surface area (Å²) >= 11 is 1.80. The highest BCUT2D eigenvalue weighted by Crippen LogP contribution is 2.44. The van der Waals surface area contributed by atoms with Gasteiger partial charge in [-0.1, -0.05) is 48.8 Å². The van der Waals surface area contributed by atoms with Gasteiger partial charge in [0.15, 0.2) is 5.13 Å². The Kier molecular flexibility index (Phi) is 5.15. The van der Waals surface area contributed by atoms with Gasteiger partial charge in [0.25, 0.3) is 0 Å². The van der Waals surface area contributed by atoms with Gasteiger partial charge in [-0.2, -0.15) is 10.4 Å². The first-order valence-electron chi connectivity index (χ1n) is 11.9. The average Bonchev–Trinajstić information content (AvgIpc) is 3.55. The van der Waals surface area contributed by atoms with Gasteiger partial charge in [-0.15, -0.1) is 0 Å². The summed E-state index contributed by atoms with van der Waals surface area (Å²) in [5.74, 6) is 1.81. The lowest BCUT2D eigenvalue weighted by Gasteiger charge is -2.19. The van der Waals surface area contributed by atoms with Gasteiger partial charge < -0.3 is 4.90 Å². The summed E-state index contributed by atoms with van der Waals surface area (Å²) in [6.07, 6.45) is 8.72. The lowest BCUT2D eigenvalue weighted by molar-refractivity contribution is 0.378. The zero-order valence-corrected chi connectivity index (χ0v) is 19.7. The number of anilines is 1. The molecule has 1 aliphatic carbocycles. The molecule has 0 spiro atoms. The number of hydrogen-bond donors (Lipinski definition) is 0. The molecule has 6 rings (SSSR count). The molecule has 2 aromatic heterocycles. The molecule has 33 heavy (non-hydrogen) atoms. The summed E-state index contributed by atoms with van der Waals surface area (Å²) in [5.41, 5.74) is 5.04. The smallest absolute Gasteiger partial charge is 0.186 e. The molecule has 1 saturated heterocycles. The van der Waals surface area contributed by atoms with E-state index in [4.69, 9.17) is 4.98 Å². The molecule has 0 radical (unpaired) electrons. The quantitative estimate of drug-likeness (QED) is 0.368. The van der Waals surface area contributed by atoms with Crippen LogP contribution in [0.5, 0.6) is 0 Å². The van der Waals surface area contributed by atoms with Crippen molar-refractivity contribution in [2.45, 2.75) is 32.1 Å². The molecule has 166 valence electrons. The van der Waals surface area contributed by atoms with Crippen LogP contribution in [0, 0.1) is 23.2 Å². The molecule has 3 heterocycles. The van der Waals surface area contributed by atoms with Crippen molar-refractivity contribution in [1.82, 2.24) is 14.8 Å². The van der Waals surface area contributed by atoms with Crippen LogP contribution in [-0.4, -0.2) is 27.9 Å². The summed E-state index contributed by atoms with van der Waals surface area (Å²) in [6, 6.07) is 16.6. The van der Waals surface area contributed by atoms with Crippen molar-refractivity contribution in [3.8, 4) is 27.8 Å². The molecular formula is C27H27N5S. The Morgan fingerprint density at radius 2 is 1.70 bits per heavy atom. The second kappa shape index (κ2) is 8.31. The Morgan fingerprint density at radius 1 is 0.970 bits per heavy atom. The average molecular weight is 454 g/mol. The van der Waals surface area contributed by atoms with Gasteiger partial charge in [-0.3, -0.25) is 4.68 Å². The van der Waals surface area contributed by atoms with Crippen LogP contribution >= 0.6 is 11.3 Å². The van der Waals surface area contributed by atoms with E-state index >= 15 is 0 Å². The van der Waals surface area contributed by atoms with Crippen LogP contribution in [0.15, 0.2) is 48.7 Å². The second-order valence-corrected chi connectivity index (χ2v) is 10.4. The maximum Gasteiger partial charge on any atom is 0.186 e. The van der Waals surface area contributed by atoms with Crippen molar-refractivity contribution in [3.63, 3.8) is 0 Å². The molecule has 5 nitrogen and oxygen atoms in total. The van der Waals surface area contributed by atoms with E-state index in [0.29, 0.717) is 5.56 Å². The zero-order valence-electron chi connectivity index (χ0n) is 18.9. The Morgan fingerprint density at radius 3 is 2.42 bits per heavy atom. The lowest BCUT2D eigenvalue weighted by atomic mass is 9.92. The number of nitrogens with zero attached hydrogens (tertiary/aromatic N) is 5. The minimum atomic E-state index is 0.673. The van der Waals surface area contributed by atoms with Crippen molar-refractivity contribution >= 4 is 27.4 Å². The third kappa shape index (κ3) is 3.71. The Labute approximate surface area is 198 Å². The Bertz CT molecular complexity index is 1330. The number of thiazole rings is 1. The van der Waals surface area contributed by atoms with E-state index in [1.165, 1.54) is 42.5 Å². The number of benzene rings is 2. The fraction of sp³-hybridized carbons (Fsp3) is 0.370. The van der Waals surface area contributed by atoms with Gasteiger partial charge in [0, 0.05) is 31.1 Å². The van der Waals surface area contributed by atoms with E-state index < -0.39 is 0 Å². The Balaban J connectivity index is 1.42. The molecule has 4 aromatic rings. The number of nitriles is 1. The molecule has 1 aliphatic heterocycles. The topological polar surface area (TPSA) is 57.7 Å².